The van der Waals surface area contributed by atoms with E-state index >= 15 is 0 Å². The van der Waals surface area contributed by atoms with Crippen LogP contribution in [0.25, 0.3) is 0 Å². The summed E-state index contributed by atoms with van der Waals surface area (Å²) in [5, 5.41) is 2.38. The summed E-state index contributed by atoms with van der Waals surface area (Å²) in [6.07, 6.45) is -4.92. The fraction of sp³-hybridized carbons (Fsp3) is 0.263. The number of piperazine rings is 1. The fourth-order valence-corrected chi connectivity index (χ4v) is 3.03. The molecule has 0 radical (unpaired) electrons. The molecule has 1 aliphatic rings. The van der Waals surface area contributed by atoms with Crippen molar-refractivity contribution in [1.29, 1.82) is 0 Å². The number of anilines is 2. The summed E-state index contributed by atoms with van der Waals surface area (Å²) in [5.41, 5.74) is 1.45. The van der Waals surface area contributed by atoms with Gasteiger partial charge in [-0.05, 0) is 48.5 Å². The van der Waals surface area contributed by atoms with Gasteiger partial charge in [-0.1, -0.05) is 11.6 Å². The highest BCUT2D eigenvalue weighted by Crippen LogP contribution is 2.22. The van der Waals surface area contributed by atoms with Crippen molar-refractivity contribution in [2.75, 3.05) is 36.4 Å². The average molecular weight is 412 g/mol. The van der Waals surface area contributed by atoms with Gasteiger partial charge in [-0.2, -0.15) is 13.2 Å². The third kappa shape index (κ3) is 4.75. The number of amides is 2. The van der Waals surface area contributed by atoms with Crippen molar-refractivity contribution in [3.05, 3.63) is 59.1 Å². The molecule has 148 valence electrons. The zero-order valence-corrected chi connectivity index (χ0v) is 15.4. The van der Waals surface area contributed by atoms with E-state index in [1.165, 1.54) is 12.1 Å². The third-order valence-corrected chi connectivity index (χ3v) is 4.66. The Kier molecular flexibility index (Phi) is 5.79. The summed E-state index contributed by atoms with van der Waals surface area (Å²) < 4.78 is 36.9. The lowest BCUT2D eigenvalue weighted by Crippen LogP contribution is -2.48. The monoisotopic (exact) mass is 411 g/mol. The van der Waals surface area contributed by atoms with Crippen LogP contribution < -0.4 is 10.2 Å². The molecule has 0 aromatic heterocycles. The van der Waals surface area contributed by atoms with E-state index in [2.05, 4.69) is 0 Å². The van der Waals surface area contributed by atoms with Crippen molar-refractivity contribution in [2.24, 2.45) is 0 Å². The number of carbonyl (C=O) groups is 2. The standard InChI is InChI=1S/C19H17ClF3N3O2/c20-14-3-1-13(2-4-14)17(27)26-11-9-25(10-12-26)16-7-5-15(6-8-16)24-18(28)19(21,22)23/h1-8H,9-12H2,(H,24,28). The van der Waals surface area contributed by atoms with Crippen LogP contribution in [0.3, 0.4) is 0 Å². The van der Waals surface area contributed by atoms with Crippen molar-refractivity contribution < 1.29 is 22.8 Å². The van der Waals surface area contributed by atoms with Crippen LogP contribution in [0.4, 0.5) is 24.5 Å². The molecule has 2 amide bonds. The molecule has 0 aliphatic carbocycles. The molecular weight excluding hydrogens is 395 g/mol. The van der Waals surface area contributed by atoms with E-state index < -0.39 is 12.1 Å². The Morgan fingerprint density at radius 2 is 1.46 bits per heavy atom. The Balaban J connectivity index is 1.56. The number of nitrogens with zero attached hydrogens (tertiary/aromatic N) is 2. The molecular formula is C19H17ClF3N3O2. The van der Waals surface area contributed by atoms with Crippen LogP contribution >= 0.6 is 11.6 Å². The van der Waals surface area contributed by atoms with Gasteiger partial charge in [-0.25, -0.2) is 0 Å². The molecule has 1 fully saturated rings. The second kappa shape index (κ2) is 8.10. The minimum absolute atomic E-state index is 0.0680. The van der Waals surface area contributed by atoms with Gasteiger partial charge >= 0.3 is 12.1 Å². The molecule has 1 heterocycles. The quantitative estimate of drug-likeness (QED) is 0.835. The first-order valence-electron chi connectivity index (χ1n) is 8.52. The number of alkyl halides is 3. The molecule has 3 rings (SSSR count). The van der Waals surface area contributed by atoms with Gasteiger partial charge in [0.25, 0.3) is 5.91 Å². The smallest absolute Gasteiger partial charge is 0.368 e. The maximum absolute atomic E-state index is 12.5. The Bertz CT molecular complexity index is 846. The van der Waals surface area contributed by atoms with Crippen molar-refractivity contribution in [1.82, 2.24) is 4.90 Å². The van der Waals surface area contributed by atoms with E-state index in [4.69, 9.17) is 11.6 Å². The average Bonchev–Trinajstić information content (AvgIpc) is 2.68. The van der Waals surface area contributed by atoms with Crippen molar-refractivity contribution in [3.63, 3.8) is 0 Å². The first-order chi connectivity index (χ1) is 13.2. The van der Waals surface area contributed by atoms with E-state index in [1.807, 2.05) is 10.2 Å². The number of nitrogens with one attached hydrogen (secondary N) is 1. The lowest BCUT2D eigenvalue weighted by atomic mass is 10.1. The number of hydrogen-bond acceptors (Lipinski definition) is 3. The van der Waals surface area contributed by atoms with Gasteiger partial charge < -0.3 is 15.1 Å². The van der Waals surface area contributed by atoms with Crippen LogP contribution in [0.15, 0.2) is 48.5 Å². The zero-order chi connectivity index (χ0) is 20.3. The minimum Gasteiger partial charge on any atom is -0.368 e. The highest BCUT2D eigenvalue weighted by molar-refractivity contribution is 6.30. The lowest BCUT2D eigenvalue weighted by molar-refractivity contribution is -0.167. The normalized spacial score (nSPS) is 14.7. The van der Waals surface area contributed by atoms with Crippen LogP contribution in [0.1, 0.15) is 10.4 Å². The molecule has 2 aromatic rings. The second-order valence-electron chi connectivity index (χ2n) is 6.28. The van der Waals surface area contributed by atoms with Crippen LogP contribution in [0.2, 0.25) is 5.02 Å². The van der Waals surface area contributed by atoms with Crippen molar-refractivity contribution >= 4 is 34.8 Å². The van der Waals surface area contributed by atoms with Gasteiger partial charge in [-0.15, -0.1) is 0 Å². The van der Waals surface area contributed by atoms with Crippen LogP contribution in [0, 0.1) is 0 Å². The number of halogens is 4. The predicted octanol–water partition coefficient (Wildman–Crippen LogP) is 3.80. The maximum atomic E-state index is 12.5. The Labute approximate surface area is 164 Å². The third-order valence-electron chi connectivity index (χ3n) is 4.41. The van der Waals surface area contributed by atoms with E-state index in [0.29, 0.717) is 36.8 Å². The van der Waals surface area contributed by atoms with Gasteiger partial charge in [0.1, 0.15) is 0 Å². The van der Waals surface area contributed by atoms with E-state index in [9.17, 15) is 22.8 Å². The molecule has 0 bridgehead atoms. The molecule has 28 heavy (non-hydrogen) atoms. The first kappa shape index (κ1) is 20.0. The molecule has 5 nitrogen and oxygen atoms in total. The Hall–Kier alpha value is -2.74. The van der Waals surface area contributed by atoms with Gasteiger partial charge in [-0.3, -0.25) is 9.59 Å². The van der Waals surface area contributed by atoms with Crippen molar-refractivity contribution in [3.8, 4) is 0 Å². The minimum atomic E-state index is -4.92. The predicted molar refractivity (Wildman–Crippen MR) is 101 cm³/mol. The molecule has 1 N–H and O–H groups in total. The molecule has 0 spiro atoms. The molecule has 1 saturated heterocycles. The summed E-state index contributed by atoms with van der Waals surface area (Å²) in [6, 6.07) is 12.8. The van der Waals surface area contributed by atoms with Gasteiger partial charge in [0.05, 0.1) is 0 Å². The van der Waals surface area contributed by atoms with Crippen LogP contribution in [-0.2, 0) is 4.79 Å². The van der Waals surface area contributed by atoms with E-state index in [1.54, 1.807) is 41.3 Å². The van der Waals surface area contributed by atoms with Gasteiger partial charge in [0, 0.05) is 48.1 Å². The lowest BCUT2D eigenvalue weighted by Gasteiger charge is -2.36. The van der Waals surface area contributed by atoms with Crippen molar-refractivity contribution in [2.45, 2.75) is 6.18 Å². The number of hydrogen-bond donors (Lipinski definition) is 1. The molecule has 0 atom stereocenters. The largest absolute Gasteiger partial charge is 0.471 e. The van der Waals surface area contributed by atoms with Crippen LogP contribution in [-0.4, -0.2) is 49.1 Å². The Morgan fingerprint density at radius 3 is 2.00 bits per heavy atom. The van der Waals surface area contributed by atoms with Gasteiger partial charge in [0.15, 0.2) is 0 Å². The first-order valence-corrected chi connectivity index (χ1v) is 8.90. The van der Waals surface area contributed by atoms with E-state index in [-0.39, 0.29) is 11.6 Å². The molecule has 0 saturated carbocycles. The highest BCUT2D eigenvalue weighted by atomic mass is 35.5. The summed E-state index contributed by atoms with van der Waals surface area (Å²) in [5.74, 6) is -2.07. The topological polar surface area (TPSA) is 52.7 Å². The SMILES string of the molecule is O=C(c1ccc(Cl)cc1)N1CCN(c2ccc(NC(=O)C(F)(F)F)cc2)CC1. The fourth-order valence-electron chi connectivity index (χ4n) is 2.90. The zero-order valence-electron chi connectivity index (χ0n) is 14.7. The molecule has 9 heteroatoms. The number of rotatable bonds is 3. The van der Waals surface area contributed by atoms with Crippen LogP contribution in [0.5, 0.6) is 0 Å². The maximum Gasteiger partial charge on any atom is 0.471 e. The highest BCUT2D eigenvalue weighted by Gasteiger charge is 2.38. The summed E-state index contributed by atoms with van der Waals surface area (Å²) in [4.78, 5) is 27.3. The number of benzene rings is 2. The molecule has 1 aliphatic heterocycles. The van der Waals surface area contributed by atoms with E-state index in [0.717, 1.165) is 5.69 Å². The molecule has 2 aromatic carbocycles. The van der Waals surface area contributed by atoms with Gasteiger partial charge in [0.2, 0.25) is 0 Å². The summed E-state index contributed by atoms with van der Waals surface area (Å²) in [6.45, 7) is 2.23. The summed E-state index contributed by atoms with van der Waals surface area (Å²) in [7, 11) is 0. The number of carbonyl (C=O) groups excluding carboxylic acids is 2. The Morgan fingerprint density at radius 1 is 0.893 bits per heavy atom. The second-order valence-corrected chi connectivity index (χ2v) is 6.72. The molecule has 0 unspecified atom stereocenters. The summed E-state index contributed by atoms with van der Waals surface area (Å²) >= 11 is 5.84.